The Balaban J connectivity index is 1.55. The summed E-state index contributed by atoms with van der Waals surface area (Å²) in [5.74, 6) is -1.27. The van der Waals surface area contributed by atoms with Crippen LogP contribution in [0.5, 0.6) is 5.75 Å². The molecule has 0 saturated heterocycles. The lowest BCUT2D eigenvalue weighted by atomic mass is 10.1. The lowest BCUT2D eigenvalue weighted by Crippen LogP contribution is -2.38. The van der Waals surface area contributed by atoms with Crippen LogP contribution in [0.4, 0.5) is 23.7 Å². The van der Waals surface area contributed by atoms with Gasteiger partial charge in [-0.15, -0.1) is 24.9 Å². The number of rotatable bonds is 6. The van der Waals surface area contributed by atoms with Gasteiger partial charge in [0.1, 0.15) is 10.5 Å². The Kier molecular flexibility index (Phi) is 6.40. The van der Waals surface area contributed by atoms with E-state index in [0.29, 0.717) is 18.5 Å². The zero-order valence-corrected chi connectivity index (χ0v) is 17.6. The fourth-order valence-corrected chi connectivity index (χ4v) is 4.20. The molecule has 2 aromatic carbocycles. The lowest BCUT2D eigenvalue weighted by Gasteiger charge is -2.18. The molecule has 1 aliphatic rings. The Hall–Kier alpha value is -2.88. The average Bonchev–Trinajstić information content (AvgIpc) is 3.03. The Morgan fingerprint density at radius 2 is 1.71 bits per heavy atom. The number of carboxylic acids is 1. The third-order valence-corrected chi connectivity index (χ3v) is 5.85. The molecule has 0 radical (unpaired) electrons. The molecule has 31 heavy (non-hydrogen) atoms. The number of alkyl halides is 3. The van der Waals surface area contributed by atoms with Gasteiger partial charge in [-0.2, -0.15) is 0 Å². The van der Waals surface area contributed by atoms with E-state index in [1.54, 1.807) is 13.8 Å². The van der Waals surface area contributed by atoms with Gasteiger partial charge in [0, 0.05) is 16.6 Å². The average molecular weight is 454 g/mol. The molecule has 3 N–H and O–H groups in total. The van der Waals surface area contributed by atoms with Crippen molar-refractivity contribution in [1.82, 2.24) is 5.32 Å². The van der Waals surface area contributed by atoms with Crippen LogP contribution in [0.1, 0.15) is 25.0 Å². The van der Waals surface area contributed by atoms with E-state index in [1.165, 1.54) is 23.9 Å². The third kappa shape index (κ3) is 6.30. The maximum Gasteiger partial charge on any atom is 0.573 e. The van der Waals surface area contributed by atoms with Gasteiger partial charge in [-0.1, -0.05) is 6.07 Å². The highest BCUT2D eigenvalue weighted by molar-refractivity contribution is 8.01. The van der Waals surface area contributed by atoms with Crippen LogP contribution < -0.4 is 15.4 Å². The smallest absolute Gasteiger partial charge is 0.480 e. The van der Waals surface area contributed by atoms with Crippen LogP contribution in [-0.2, 0) is 17.6 Å². The van der Waals surface area contributed by atoms with Crippen molar-refractivity contribution in [2.24, 2.45) is 0 Å². The highest BCUT2D eigenvalue weighted by atomic mass is 32.2. The normalized spacial score (nSPS) is 15.8. The predicted molar refractivity (Wildman–Crippen MR) is 110 cm³/mol. The van der Waals surface area contributed by atoms with Crippen molar-refractivity contribution < 1.29 is 32.6 Å². The Labute approximate surface area is 181 Å². The molecule has 3 rings (SSSR count). The van der Waals surface area contributed by atoms with E-state index in [0.717, 1.165) is 28.2 Å². The second-order valence-corrected chi connectivity index (χ2v) is 9.32. The van der Waals surface area contributed by atoms with Crippen LogP contribution in [0.2, 0.25) is 0 Å². The fourth-order valence-electron chi connectivity index (χ4n) is 3.19. The fraction of sp³-hybridized carbons (Fsp3) is 0.333. The van der Waals surface area contributed by atoms with Gasteiger partial charge in [0.05, 0.1) is 0 Å². The molecule has 6 nitrogen and oxygen atoms in total. The number of benzene rings is 2. The number of ether oxygens (including phenoxy) is 1. The maximum absolute atomic E-state index is 12.3. The first-order chi connectivity index (χ1) is 14.4. The van der Waals surface area contributed by atoms with Crippen molar-refractivity contribution in [2.45, 2.75) is 48.7 Å². The van der Waals surface area contributed by atoms with Crippen molar-refractivity contribution in [3.05, 3.63) is 53.6 Å². The number of hydrogen-bond donors (Lipinski definition) is 3. The Morgan fingerprint density at radius 1 is 1.06 bits per heavy atom. The largest absolute Gasteiger partial charge is 0.573 e. The van der Waals surface area contributed by atoms with Crippen molar-refractivity contribution in [1.29, 1.82) is 0 Å². The number of carboxylic acid groups (broad SMARTS) is 1. The van der Waals surface area contributed by atoms with Gasteiger partial charge in [-0.3, -0.25) is 4.79 Å². The summed E-state index contributed by atoms with van der Waals surface area (Å²) in [6.45, 7) is 3.29. The summed E-state index contributed by atoms with van der Waals surface area (Å²) in [6, 6.07) is 10.0. The number of carbonyl (C=O) groups excluding carboxylic acids is 1. The van der Waals surface area contributed by atoms with Crippen LogP contribution in [0, 0.1) is 0 Å². The molecule has 0 unspecified atom stereocenters. The van der Waals surface area contributed by atoms with E-state index >= 15 is 0 Å². The third-order valence-electron chi connectivity index (χ3n) is 4.68. The first-order valence-corrected chi connectivity index (χ1v) is 10.2. The first-order valence-electron chi connectivity index (χ1n) is 9.39. The van der Waals surface area contributed by atoms with E-state index in [9.17, 15) is 27.9 Å². The summed E-state index contributed by atoms with van der Waals surface area (Å²) in [4.78, 5) is 24.4. The van der Waals surface area contributed by atoms with Crippen LogP contribution >= 0.6 is 11.8 Å². The molecule has 2 aromatic rings. The first kappa shape index (κ1) is 22.8. The van der Waals surface area contributed by atoms with Gasteiger partial charge in [0.15, 0.2) is 0 Å². The highest BCUT2D eigenvalue weighted by Crippen LogP contribution is 2.35. The number of urea groups is 1. The second-order valence-electron chi connectivity index (χ2n) is 7.62. The molecule has 0 spiro atoms. The van der Waals surface area contributed by atoms with Crippen LogP contribution in [0.25, 0.3) is 0 Å². The molecule has 1 aliphatic carbocycles. The van der Waals surface area contributed by atoms with Crippen molar-refractivity contribution in [3.8, 4) is 5.75 Å². The number of halogens is 3. The maximum atomic E-state index is 12.3. The SMILES string of the molecule is CC(C)(Sc1ccc2c(c1)C[C@@H](NC(=O)Nc1ccc(OC(F)(F)F)cc1)C2)C(=O)O. The molecule has 0 heterocycles. The molecular formula is C21H21F3N2O4S. The van der Waals surface area contributed by atoms with E-state index in [1.807, 2.05) is 18.2 Å². The molecule has 0 aromatic heterocycles. The number of amides is 2. The Morgan fingerprint density at radius 3 is 2.32 bits per heavy atom. The predicted octanol–water partition coefficient (Wildman–Crippen LogP) is 4.83. The minimum Gasteiger partial charge on any atom is -0.480 e. The lowest BCUT2D eigenvalue weighted by molar-refractivity contribution is -0.274. The second kappa shape index (κ2) is 8.70. The van der Waals surface area contributed by atoms with Crippen molar-refractivity contribution in [3.63, 3.8) is 0 Å². The minimum absolute atomic E-state index is 0.143. The molecular weight excluding hydrogens is 433 g/mol. The van der Waals surface area contributed by atoms with Crippen LogP contribution in [0.3, 0.4) is 0 Å². The van der Waals surface area contributed by atoms with E-state index in [-0.39, 0.29) is 11.8 Å². The van der Waals surface area contributed by atoms with Gasteiger partial charge in [-0.25, -0.2) is 4.79 Å². The summed E-state index contributed by atoms with van der Waals surface area (Å²) in [5, 5.41) is 14.7. The van der Waals surface area contributed by atoms with Crippen LogP contribution in [-0.4, -0.2) is 34.3 Å². The summed E-state index contributed by atoms with van der Waals surface area (Å²) in [6.07, 6.45) is -3.54. The topological polar surface area (TPSA) is 87.7 Å². The highest BCUT2D eigenvalue weighted by Gasteiger charge is 2.31. The minimum atomic E-state index is -4.77. The monoisotopic (exact) mass is 454 g/mol. The standard InChI is InChI=1S/C21H21F3N2O4S/c1-20(2,18(27)28)31-17-8-3-12-9-15(10-13(12)11-17)26-19(29)25-14-4-6-16(7-5-14)30-21(22,23)24/h3-8,11,15H,9-10H2,1-2H3,(H,27,28)(H2,25,26,29)/t15-/m0/s1. The quantitative estimate of drug-likeness (QED) is 0.545. The molecule has 1 atom stereocenters. The van der Waals surface area contributed by atoms with Gasteiger partial charge in [0.2, 0.25) is 0 Å². The van der Waals surface area contributed by atoms with Crippen LogP contribution in [0.15, 0.2) is 47.4 Å². The zero-order valence-electron chi connectivity index (χ0n) is 16.7. The molecule has 0 aliphatic heterocycles. The number of fused-ring (bicyclic) bond motifs is 1. The summed E-state index contributed by atoms with van der Waals surface area (Å²) in [5.41, 5.74) is 2.46. The number of carbonyl (C=O) groups is 2. The summed E-state index contributed by atoms with van der Waals surface area (Å²) < 4.78 is 39.5. The van der Waals surface area contributed by atoms with Gasteiger partial charge >= 0.3 is 18.4 Å². The number of hydrogen-bond acceptors (Lipinski definition) is 4. The molecule has 0 bridgehead atoms. The molecule has 2 amide bonds. The molecule has 166 valence electrons. The number of anilines is 1. The van der Waals surface area contributed by atoms with E-state index in [4.69, 9.17) is 0 Å². The van der Waals surface area contributed by atoms with Gasteiger partial charge in [0.25, 0.3) is 0 Å². The van der Waals surface area contributed by atoms with E-state index < -0.39 is 23.1 Å². The van der Waals surface area contributed by atoms with Gasteiger partial charge in [-0.05, 0) is 74.2 Å². The van der Waals surface area contributed by atoms with E-state index in [2.05, 4.69) is 15.4 Å². The number of aliphatic carboxylic acids is 1. The zero-order chi connectivity index (χ0) is 22.8. The number of thioether (sulfide) groups is 1. The number of nitrogens with one attached hydrogen (secondary N) is 2. The summed E-state index contributed by atoms with van der Waals surface area (Å²) in [7, 11) is 0. The van der Waals surface area contributed by atoms with Crippen molar-refractivity contribution >= 4 is 29.4 Å². The molecule has 0 fully saturated rings. The molecule has 10 heteroatoms. The summed E-state index contributed by atoms with van der Waals surface area (Å²) >= 11 is 1.26. The van der Waals surface area contributed by atoms with Gasteiger partial charge < -0.3 is 20.5 Å². The Bertz CT molecular complexity index is 978. The molecule has 0 saturated carbocycles. The van der Waals surface area contributed by atoms with Crippen molar-refractivity contribution in [2.75, 3.05) is 5.32 Å².